The molecule has 0 bridgehead atoms. The van der Waals surface area contributed by atoms with Crippen molar-refractivity contribution in [2.24, 2.45) is 0 Å². The Bertz CT molecular complexity index is 416. The summed E-state index contributed by atoms with van der Waals surface area (Å²) >= 11 is 3.49. The van der Waals surface area contributed by atoms with E-state index in [-0.39, 0.29) is 27.8 Å². The van der Waals surface area contributed by atoms with E-state index in [2.05, 4.69) is 15.9 Å². The van der Waals surface area contributed by atoms with Gasteiger partial charge in [0.15, 0.2) is 0 Å². The minimum atomic E-state index is -0.315. The molecule has 0 spiro atoms. The molecule has 0 radical (unpaired) electrons. The van der Waals surface area contributed by atoms with Crippen LogP contribution in [0.1, 0.15) is 23.2 Å². The number of amides is 1. The quantitative estimate of drug-likeness (QED) is 0.781. The van der Waals surface area contributed by atoms with E-state index < -0.39 is 0 Å². The van der Waals surface area contributed by atoms with E-state index in [0.29, 0.717) is 13.1 Å². The number of aromatic hydroxyl groups is 2. The molecule has 5 heteroatoms. The molecule has 1 unspecified atom stereocenters. The van der Waals surface area contributed by atoms with E-state index in [4.69, 9.17) is 0 Å². The summed E-state index contributed by atoms with van der Waals surface area (Å²) in [6.45, 7) is 1.27. The highest BCUT2D eigenvalue weighted by molar-refractivity contribution is 9.09. The molecule has 2 N–H and O–H groups in total. The zero-order valence-electron chi connectivity index (χ0n) is 9.27. The highest BCUT2D eigenvalue weighted by Crippen LogP contribution is 2.29. The van der Waals surface area contributed by atoms with Crippen LogP contribution in [0.5, 0.6) is 11.5 Å². The van der Waals surface area contributed by atoms with Crippen molar-refractivity contribution in [3.63, 3.8) is 0 Å². The molecule has 1 aromatic rings. The third kappa shape index (κ3) is 2.54. The molecule has 92 valence electrons. The Hall–Kier alpha value is -1.23. The predicted molar refractivity (Wildman–Crippen MR) is 67.6 cm³/mol. The van der Waals surface area contributed by atoms with Crippen LogP contribution in [0.2, 0.25) is 0 Å². The van der Waals surface area contributed by atoms with Crippen LogP contribution in [0.3, 0.4) is 0 Å². The minimum Gasteiger partial charge on any atom is -0.507 e. The number of hydrogen-bond acceptors (Lipinski definition) is 3. The molecule has 1 heterocycles. The Labute approximate surface area is 108 Å². The summed E-state index contributed by atoms with van der Waals surface area (Å²) in [5, 5.41) is 19.3. The zero-order chi connectivity index (χ0) is 12.4. The lowest BCUT2D eigenvalue weighted by Gasteiger charge is -2.30. The van der Waals surface area contributed by atoms with Crippen molar-refractivity contribution < 1.29 is 15.0 Å². The Morgan fingerprint density at radius 2 is 2.00 bits per heavy atom. The normalized spacial score (nSPS) is 20.3. The van der Waals surface area contributed by atoms with Gasteiger partial charge in [0.25, 0.3) is 5.91 Å². The molecule has 4 nitrogen and oxygen atoms in total. The summed E-state index contributed by atoms with van der Waals surface area (Å²) < 4.78 is 0. The van der Waals surface area contributed by atoms with Crippen LogP contribution in [0.4, 0.5) is 0 Å². The van der Waals surface area contributed by atoms with E-state index in [9.17, 15) is 15.0 Å². The van der Waals surface area contributed by atoms with Gasteiger partial charge in [0.1, 0.15) is 17.1 Å². The van der Waals surface area contributed by atoms with Gasteiger partial charge in [0.2, 0.25) is 0 Å². The number of carbonyl (C=O) groups excluding carboxylic acids is 1. The van der Waals surface area contributed by atoms with Gasteiger partial charge in [0.05, 0.1) is 0 Å². The maximum absolute atomic E-state index is 12.2. The van der Waals surface area contributed by atoms with Crippen LogP contribution < -0.4 is 0 Å². The lowest BCUT2D eigenvalue weighted by atomic mass is 10.1. The average Bonchev–Trinajstić information content (AvgIpc) is 2.28. The average molecular weight is 300 g/mol. The van der Waals surface area contributed by atoms with Gasteiger partial charge in [-0.3, -0.25) is 4.79 Å². The number of halogens is 1. The first-order valence-electron chi connectivity index (χ1n) is 5.54. The maximum atomic E-state index is 12.2. The molecule has 2 rings (SSSR count). The number of hydrogen-bond donors (Lipinski definition) is 2. The summed E-state index contributed by atoms with van der Waals surface area (Å²) in [5.41, 5.74) is -0.00546. The second kappa shape index (κ2) is 4.96. The summed E-state index contributed by atoms with van der Waals surface area (Å²) in [7, 11) is 0. The first kappa shape index (κ1) is 12.2. The van der Waals surface area contributed by atoms with Gasteiger partial charge in [-0.05, 0) is 25.0 Å². The molecule has 1 saturated heterocycles. The zero-order valence-corrected chi connectivity index (χ0v) is 10.9. The summed E-state index contributed by atoms with van der Waals surface area (Å²) in [4.78, 5) is 14.1. The van der Waals surface area contributed by atoms with Crippen LogP contribution in [-0.2, 0) is 0 Å². The van der Waals surface area contributed by atoms with Crippen molar-refractivity contribution in [3.05, 3.63) is 23.8 Å². The largest absolute Gasteiger partial charge is 0.507 e. The Morgan fingerprint density at radius 3 is 2.59 bits per heavy atom. The number of likely N-dealkylation sites (tertiary alicyclic amines) is 1. The van der Waals surface area contributed by atoms with Crippen LogP contribution in [0, 0.1) is 0 Å². The molecular formula is C12H14BrNO3. The van der Waals surface area contributed by atoms with Crippen LogP contribution >= 0.6 is 15.9 Å². The number of rotatable bonds is 1. The fraction of sp³-hybridized carbons (Fsp3) is 0.417. The monoisotopic (exact) mass is 299 g/mol. The Morgan fingerprint density at radius 1 is 1.35 bits per heavy atom. The van der Waals surface area contributed by atoms with Gasteiger partial charge in [-0.2, -0.15) is 0 Å². The predicted octanol–water partition coefficient (Wildman–Crippen LogP) is 2.10. The second-order valence-corrected chi connectivity index (χ2v) is 5.46. The third-order valence-electron chi connectivity index (χ3n) is 2.89. The number of carbonyl (C=O) groups is 1. The molecular weight excluding hydrogens is 286 g/mol. The van der Waals surface area contributed by atoms with E-state index in [1.54, 1.807) is 4.90 Å². The number of phenolic OH excluding ortho intramolecular Hbond substituents is 2. The maximum Gasteiger partial charge on any atom is 0.261 e. The lowest BCUT2D eigenvalue weighted by molar-refractivity contribution is 0.0723. The van der Waals surface area contributed by atoms with Gasteiger partial charge < -0.3 is 15.1 Å². The summed E-state index contributed by atoms with van der Waals surface area (Å²) in [6.07, 6.45) is 1.96. The molecule has 1 aliphatic heterocycles. The van der Waals surface area contributed by atoms with E-state index in [1.807, 2.05) is 0 Å². The molecule has 0 saturated carbocycles. The van der Waals surface area contributed by atoms with Gasteiger partial charge >= 0.3 is 0 Å². The number of alkyl halides is 1. The van der Waals surface area contributed by atoms with E-state index >= 15 is 0 Å². The molecule has 0 aromatic heterocycles. The molecule has 0 aliphatic carbocycles. The van der Waals surface area contributed by atoms with E-state index in [1.165, 1.54) is 18.2 Å². The fourth-order valence-electron chi connectivity index (χ4n) is 2.02. The van der Waals surface area contributed by atoms with Crippen molar-refractivity contribution in [3.8, 4) is 11.5 Å². The fourth-order valence-corrected chi connectivity index (χ4v) is 2.69. The van der Waals surface area contributed by atoms with Gasteiger partial charge in [0, 0.05) is 17.9 Å². The summed E-state index contributed by atoms with van der Waals surface area (Å²) in [6, 6.07) is 4.32. The smallest absolute Gasteiger partial charge is 0.261 e. The van der Waals surface area contributed by atoms with Crippen molar-refractivity contribution in [2.45, 2.75) is 17.7 Å². The highest BCUT2D eigenvalue weighted by atomic mass is 79.9. The van der Waals surface area contributed by atoms with E-state index in [0.717, 1.165) is 12.8 Å². The first-order valence-corrected chi connectivity index (χ1v) is 6.45. The number of phenols is 2. The first-order chi connectivity index (χ1) is 8.09. The molecule has 1 amide bonds. The Balaban J connectivity index is 2.24. The third-order valence-corrected chi connectivity index (χ3v) is 3.63. The number of piperidine rings is 1. The van der Waals surface area contributed by atoms with Gasteiger partial charge in [-0.15, -0.1) is 0 Å². The SMILES string of the molecule is O=C(c1c(O)cccc1O)N1CCCC(Br)C1. The molecule has 1 fully saturated rings. The minimum absolute atomic E-state index is 0.00546. The number of benzene rings is 1. The number of nitrogens with zero attached hydrogens (tertiary/aromatic N) is 1. The Kier molecular flexibility index (Phi) is 3.57. The molecule has 1 aliphatic rings. The second-order valence-electron chi connectivity index (χ2n) is 4.16. The lowest BCUT2D eigenvalue weighted by Crippen LogP contribution is -2.40. The molecule has 1 atom stereocenters. The van der Waals surface area contributed by atoms with Crippen LogP contribution in [0.15, 0.2) is 18.2 Å². The summed E-state index contributed by atoms with van der Waals surface area (Å²) in [5.74, 6) is -0.664. The van der Waals surface area contributed by atoms with Crippen LogP contribution in [-0.4, -0.2) is 38.9 Å². The molecule has 1 aromatic carbocycles. The highest BCUT2D eigenvalue weighted by Gasteiger charge is 2.26. The van der Waals surface area contributed by atoms with Crippen molar-refractivity contribution in [1.82, 2.24) is 4.90 Å². The topological polar surface area (TPSA) is 60.8 Å². The van der Waals surface area contributed by atoms with Gasteiger partial charge in [-0.25, -0.2) is 0 Å². The van der Waals surface area contributed by atoms with Gasteiger partial charge in [-0.1, -0.05) is 22.0 Å². The van der Waals surface area contributed by atoms with Crippen LogP contribution in [0.25, 0.3) is 0 Å². The molecule has 17 heavy (non-hydrogen) atoms. The van der Waals surface area contributed by atoms with Crippen molar-refractivity contribution in [2.75, 3.05) is 13.1 Å². The van der Waals surface area contributed by atoms with Crippen molar-refractivity contribution in [1.29, 1.82) is 0 Å². The standard InChI is InChI=1S/C12H14BrNO3/c13-8-3-2-6-14(7-8)12(17)11-9(15)4-1-5-10(11)16/h1,4-5,8,15-16H,2-3,6-7H2. The van der Waals surface area contributed by atoms with Crippen molar-refractivity contribution >= 4 is 21.8 Å².